The lowest BCUT2D eigenvalue weighted by atomic mass is 10.1. The van der Waals surface area contributed by atoms with Gasteiger partial charge in [-0.15, -0.1) is 0 Å². The summed E-state index contributed by atoms with van der Waals surface area (Å²) in [6, 6.07) is 10.5. The van der Waals surface area contributed by atoms with Crippen molar-refractivity contribution in [1.29, 1.82) is 0 Å². The van der Waals surface area contributed by atoms with Crippen LogP contribution in [0.1, 0.15) is 10.4 Å². The van der Waals surface area contributed by atoms with Crippen LogP contribution in [0.2, 0.25) is 0 Å². The van der Waals surface area contributed by atoms with Crippen molar-refractivity contribution >= 4 is 11.5 Å². The Morgan fingerprint density at radius 1 is 1.04 bits per heavy atom. The van der Waals surface area contributed by atoms with Gasteiger partial charge >= 0.3 is 0 Å². The summed E-state index contributed by atoms with van der Waals surface area (Å²) in [5.74, 6) is 2.41. The molecule has 0 atom stereocenters. The van der Waals surface area contributed by atoms with Crippen LogP contribution in [0.5, 0.6) is 23.0 Å². The summed E-state index contributed by atoms with van der Waals surface area (Å²) < 4.78 is 20.9. The molecule has 1 aliphatic rings. The van der Waals surface area contributed by atoms with Gasteiger partial charge in [0, 0.05) is 41.7 Å². The first-order valence-electron chi connectivity index (χ1n) is 7.30. The molecule has 0 saturated heterocycles. The number of methoxy groups -OCH3 is 2. The molecule has 6 heteroatoms. The van der Waals surface area contributed by atoms with Crippen LogP contribution in [0.15, 0.2) is 48.7 Å². The van der Waals surface area contributed by atoms with Crippen LogP contribution in [0.25, 0.3) is 0 Å². The first-order valence-corrected chi connectivity index (χ1v) is 7.30. The molecule has 6 nitrogen and oxygen atoms in total. The fourth-order valence-corrected chi connectivity index (χ4v) is 2.25. The minimum atomic E-state index is -0.143. The number of carbonyl (C=O) groups is 1. The van der Waals surface area contributed by atoms with Crippen molar-refractivity contribution in [2.75, 3.05) is 26.3 Å². The van der Waals surface area contributed by atoms with Crippen molar-refractivity contribution in [1.82, 2.24) is 0 Å². The summed E-state index contributed by atoms with van der Waals surface area (Å²) >= 11 is 0. The smallest absolute Gasteiger partial charge is 0.231 e. The number of anilines is 1. The minimum absolute atomic E-state index is 0.143. The Kier molecular flexibility index (Phi) is 4.56. The molecular weight excluding hydrogens is 310 g/mol. The van der Waals surface area contributed by atoms with Gasteiger partial charge in [-0.25, -0.2) is 0 Å². The maximum Gasteiger partial charge on any atom is 0.231 e. The van der Waals surface area contributed by atoms with Crippen molar-refractivity contribution in [3.05, 3.63) is 54.2 Å². The lowest BCUT2D eigenvalue weighted by Gasteiger charge is -2.08. The number of hydrogen-bond donors (Lipinski definition) is 1. The molecule has 0 aliphatic carbocycles. The Labute approximate surface area is 139 Å². The highest BCUT2D eigenvalue weighted by Crippen LogP contribution is 2.32. The summed E-state index contributed by atoms with van der Waals surface area (Å²) in [5.41, 5.74) is 1.28. The number of fused-ring (bicyclic) bond motifs is 1. The van der Waals surface area contributed by atoms with Gasteiger partial charge in [0.2, 0.25) is 6.79 Å². The van der Waals surface area contributed by atoms with E-state index in [1.54, 1.807) is 56.8 Å². The second-order valence-electron chi connectivity index (χ2n) is 5.01. The fraction of sp³-hybridized carbons (Fsp3) is 0.167. The molecule has 0 saturated carbocycles. The van der Waals surface area contributed by atoms with Gasteiger partial charge in [-0.1, -0.05) is 0 Å². The quantitative estimate of drug-likeness (QED) is 0.649. The molecule has 3 rings (SSSR count). The molecule has 1 N–H and O–H groups in total. The molecule has 0 unspecified atom stereocenters. The van der Waals surface area contributed by atoms with Crippen molar-refractivity contribution in [2.45, 2.75) is 0 Å². The monoisotopic (exact) mass is 327 g/mol. The molecule has 0 bridgehead atoms. The number of ether oxygens (including phenoxy) is 4. The van der Waals surface area contributed by atoms with Gasteiger partial charge in [-0.05, 0) is 18.2 Å². The van der Waals surface area contributed by atoms with Gasteiger partial charge in [0.1, 0.15) is 11.5 Å². The van der Waals surface area contributed by atoms with Crippen LogP contribution in [-0.2, 0) is 0 Å². The number of rotatable bonds is 6. The third-order valence-corrected chi connectivity index (χ3v) is 3.49. The summed E-state index contributed by atoms with van der Waals surface area (Å²) in [5, 5.41) is 3.03. The maximum absolute atomic E-state index is 12.2. The van der Waals surface area contributed by atoms with Crippen LogP contribution in [0.3, 0.4) is 0 Å². The molecule has 0 amide bonds. The van der Waals surface area contributed by atoms with E-state index in [-0.39, 0.29) is 12.6 Å². The molecule has 0 aromatic heterocycles. The first kappa shape index (κ1) is 15.7. The molecule has 0 radical (unpaired) electrons. The number of nitrogens with one attached hydrogen (secondary N) is 1. The minimum Gasteiger partial charge on any atom is -0.497 e. The molecule has 1 heterocycles. The standard InChI is InChI=1S/C18H17NO5/c1-21-14-8-13(9-15(10-14)22-2)19-6-5-16(20)12-3-4-17-18(7-12)24-11-23-17/h3-10,19H,11H2,1-2H3/b6-5+. The van der Waals surface area contributed by atoms with Gasteiger partial charge in [-0.3, -0.25) is 4.79 Å². The number of carbonyl (C=O) groups excluding carboxylic acids is 1. The highest BCUT2D eigenvalue weighted by Gasteiger charge is 2.15. The lowest BCUT2D eigenvalue weighted by Crippen LogP contribution is -1.97. The van der Waals surface area contributed by atoms with E-state index < -0.39 is 0 Å². The average molecular weight is 327 g/mol. The Morgan fingerprint density at radius 3 is 2.46 bits per heavy atom. The molecule has 2 aromatic rings. The third kappa shape index (κ3) is 3.43. The van der Waals surface area contributed by atoms with Crippen LogP contribution >= 0.6 is 0 Å². The number of benzene rings is 2. The second-order valence-corrected chi connectivity index (χ2v) is 5.01. The summed E-state index contributed by atoms with van der Waals surface area (Å²) in [6.07, 6.45) is 3.02. The molecule has 0 fully saturated rings. The van der Waals surface area contributed by atoms with E-state index >= 15 is 0 Å². The Morgan fingerprint density at radius 2 is 1.75 bits per heavy atom. The summed E-state index contributed by atoms with van der Waals surface area (Å²) in [7, 11) is 3.16. The fourth-order valence-electron chi connectivity index (χ4n) is 2.25. The van der Waals surface area contributed by atoms with E-state index in [1.165, 1.54) is 6.08 Å². The highest BCUT2D eigenvalue weighted by atomic mass is 16.7. The molecule has 124 valence electrons. The SMILES string of the molecule is COc1cc(N/C=C/C(=O)c2ccc3c(c2)OCO3)cc(OC)c1. The Hall–Kier alpha value is -3.15. The van der Waals surface area contributed by atoms with Crippen molar-refractivity contribution < 1.29 is 23.7 Å². The van der Waals surface area contributed by atoms with E-state index in [9.17, 15) is 4.79 Å². The van der Waals surface area contributed by atoms with Gasteiger partial charge in [0.05, 0.1) is 14.2 Å². The molecule has 1 aliphatic heterocycles. The van der Waals surface area contributed by atoms with Crippen molar-refractivity contribution in [2.24, 2.45) is 0 Å². The summed E-state index contributed by atoms with van der Waals surface area (Å²) in [4.78, 5) is 12.2. The highest BCUT2D eigenvalue weighted by molar-refractivity contribution is 6.05. The molecule has 24 heavy (non-hydrogen) atoms. The lowest BCUT2D eigenvalue weighted by molar-refractivity contribution is 0.104. The topological polar surface area (TPSA) is 66.0 Å². The number of hydrogen-bond acceptors (Lipinski definition) is 6. The second kappa shape index (κ2) is 6.95. The number of ketones is 1. The predicted octanol–water partition coefficient (Wildman–Crippen LogP) is 3.24. The van der Waals surface area contributed by atoms with Gasteiger partial charge < -0.3 is 24.3 Å². The third-order valence-electron chi connectivity index (χ3n) is 3.49. The predicted molar refractivity (Wildman–Crippen MR) is 89.2 cm³/mol. The Bertz CT molecular complexity index is 763. The van der Waals surface area contributed by atoms with Crippen LogP contribution < -0.4 is 24.3 Å². The number of allylic oxidation sites excluding steroid dienone is 1. The van der Waals surface area contributed by atoms with E-state index in [1.807, 2.05) is 0 Å². The normalized spacial score (nSPS) is 12.2. The van der Waals surface area contributed by atoms with Crippen molar-refractivity contribution in [3.63, 3.8) is 0 Å². The molecule has 0 spiro atoms. The zero-order valence-electron chi connectivity index (χ0n) is 13.4. The van der Waals surface area contributed by atoms with E-state index in [2.05, 4.69) is 5.32 Å². The first-order chi connectivity index (χ1) is 11.7. The van der Waals surface area contributed by atoms with Crippen molar-refractivity contribution in [3.8, 4) is 23.0 Å². The van der Waals surface area contributed by atoms with Crippen LogP contribution in [0, 0.1) is 0 Å². The van der Waals surface area contributed by atoms with Gasteiger partial charge in [0.15, 0.2) is 17.3 Å². The van der Waals surface area contributed by atoms with Crippen LogP contribution in [0.4, 0.5) is 5.69 Å². The van der Waals surface area contributed by atoms with Gasteiger partial charge in [0.25, 0.3) is 0 Å². The summed E-state index contributed by atoms with van der Waals surface area (Å²) in [6.45, 7) is 0.183. The largest absolute Gasteiger partial charge is 0.497 e. The van der Waals surface area contributed by atoms with Gasteiger partial charge in [-0.2, -0.15) is 0 Å². The average Bonchev–Trinajstić information content (AvgIpc) is 3.08. The maximum atomic E-state index is 12.2. The van der Waals surface area contributed by atoms with E-state index in [0.29, 0.717) is 28.6 Å². The zero-order chi connectivity index (χ0) is 16.9. The molecular formula is C18H17NO5. The zero-order valence-corrected chi connectivity index (χ0v) is 13.4. The Balaban J connectivity index is 1.69. The molecule has 2 aromatic carbocycles. The van der Waals surface area contributed by atoms with E-state index in [0.717, 1.165) is 5.69 Å². The van der Waals surface area contributed by atoms with E-state index in [4.69, 9.17) is 18.9 Å². The van der Waals surface area contributed by atoms with Crippen LogP contribution in [-0.4, -0.2) is 26.8 Å².